The Morgan fingerprint density at radius 1 is 0.455 bits per heavy atom. The summed E-state index contributed by atoms with van der Waals surface area (Å²) in [5.41, 5.74) is 10.1. The first-order chi connectivity index (χ1) is 21.8. The van der Waals surface area contributed by atoms with E-state index >= 15 is 0 Å². The molecule has 0 fully saturated rings. The van der Waals surface area contributed by atoms with Crippen LogP contribution in [0.4, 0.5) is 0 Å². The van der Waals surface area contributed by atoms with E-state index in [2.05, 4.69) is 173 Å². The van der Waals surface area contributed by atoms with Crippen LogP contribution in [0, 0.1) is 0 Å². The van der Waals surface area contributed by atoms with Crippen LogP contribution in [-0.4, -0.2) is 14.1 Å². The van der Waals surface area contributed by atoms with Crippen LogP contribution in [0.25, 0.3) is 77.4 Å². The molecular formula is C41H27N3. The topological polar surface area (TPSA) is 22.8 Å². The zero-order valence-corrected chi connectivity index (χ0v) is 23.9. The van der Waals surface area contributed by atoms with E-state index in [0.29, 0.717) is 0 Å². The van der Waals surface area contributed by atoms with E-state index in [4.69, 9.17) is 4.98 Å². The Bertz CT molecular complexity index is 2470. The van der Waals surface area contributed by atoms with E-state index < -0.39 is 0 Å². The molecule has 0 bridgehead atoms. The molecule has 3 heterocycles. The van der Waals surface area contributed by atoms with Crippen LogP contribution < -0.4 is 0 Å². The Hall–Kier alpha value is -5.93. The Morgan fingerprint density at radius 3 is 1.93 bits per heavy atom. The van der Waals surface area contributed by atoms with Gasteiger partial charge in [0.25, 0.3) is 0 Å². The number of hydrogen-bond acceptors (Lipinski definition) is 1. The molecule has 0 atom stereocenters. The maximum absolute atomic E-state index is 5.30. The van der Waals surface area contributed by atoms with Gasteiger partial charge >= 0.3 is 0 Å². The zero-order valence-electron chi connectivity index (χ0n) is 23.9. The summed E-state index contributed by atoms with van der Waals surface area (Å²) in [6.45, 7) is 0. The normalized spacial score (nSPS) is 11.6. The van der Waals surface area contributed by atoms with Gasteiger partial charge in [-0.15, -0.1) is 0 Å². The molecule has 44 heavy (non-hydrogen) atoms. The molecule has 0 unspecified atom stereocenters. The molecule has 0 amide bonds. The number of para-hydroxylation sites is 2. The second-order valence-electron chi connectivity index (χ2n) is 11.3. The quantitative estimate of drug-likeness (QED) is 0.210. The lowest BCUT2D eigenvalue weighted by atomic mass is 10.00. The third-order valence-electron chi connectivity index (χ3n) is 8.71. The third kappa shape index (κ3) is 3.80. The summed E-state index contributed by atoms with van der Waals surface area (Å²) in [5.74, 6) is 0. The van der Waals surface area contributed by atoms with Gasteiger partial charge in [0.05, 0.1) is 27.9 Å². The van der Waals surface area contributed by atoms with Crippen molar-refractivity contribution in [3.63, 3.8) is 0 Å². The molecule has 0 spiro atoms. The van der Waals surface area contributed by atoms with Crippen molar-refractivity contribution >= 4 is 43.5 Å². The average Bonchev–Trinajstić information content (AvgIpc) is 3.68. The van der Waals surface area contributed by atoms with E-state index in [9.17, 15) is 0 Å². The van der Waals surface area contributed by atoms with Crippen molar-refractivity contribution in [2.45, 2.75) is 0 Å². The van der Waals surface area contributed by atoms with Crippen molar-refractivity contribution in [2.24, 2.45) is 0 Å². The van der Waals surface area contributed by atoms with Crippen LogP contribution in [0.15, 0.2) is 164 Å². The first-order valence-electron chi connectivity index (χ1n) is 15.0. The predicted octanol–water partition coefficient (Wildman–Crippen LogP) is 10.6. The van der Waals surface area contributed by atoms with Crippen molar-refractivity contribution in [3.8, 4) is 33.9 Å². The monoisotopic (exact) mass is 561 g/mol. The van der Waals surface area contributed by atoms with Crippen molar-refractivity contribution in [2.75, 3.05) is 0 Å². The average molecular weight is 562 g/mol. The van der Waals surface area contributed by atoms with Crippen molar-refractivity contribution in [3.05, 3.63) is 164 Å². The molecule has 3 nitrogen and oxygen atoms in total. The van der Waals surface area contributed by atoms with Crippen molar-refractivity contribution in [1.29, 1.82) is 0 Å². The number of aromatic nitrogens is 3. The number of hydrogen-bond donors (Lipinski definition) is 0. The number of fused-ring (bicyclic) bond motifs is 6. The van der Waals surface area contributed by atoms with E-state index in [-0.39, 0.29) is 0 Å². The largest absolute Gasteiger partial charge is 0.316 e. The maximum atomic E-state index is 5.30. The lowest BCUT2D eigenvalue weighted by Gasteiger charge is -2.11. The SMILES string of the molecule is c1ccc(-c2nc(-c3ccc4c(c3)c3c5c(ccc3n4-c3ccccc3)ccn5-c3ccccc3)cc3ccccc23)cc1. The summed E-state index contributed by atoms with van der Waals surface area (Å²) < 4.78 is 4.71. The summed E-state index contributed by atoms with van der Waals surface area (Å²) >= 11 is 0. The number of nitrogens with zero attached hydrogens (tertiary/aromatic N) is 3. The molecule has 0 aliphatic carbocycles. The summed E-state index contributed by atoms with van der Waals surface area (Å²) in [7, 11) is 0. The Balaban J connectivity index is 1.37. The van der Waals surface area contributed by atoms with Crippen LogP contribution in [0.1, 0.15) is 0 Å². The molecule has 0 saturated heterocycles. The van der Waals surface area contributed by atoms with Gasteiger partial charge in [-0.1, -0.05) is 103 Å². The lowest BCUT2D eigenvalue weighted by Crippen LogP contribution is -1.94. The summed E-state index contributed by atoms with van der Waals surface area (Å²) in [6.07, 6.45) is 2.19. The maximum Gasteiger partial charge on any atom is 0.0787 e. The molecule has 9 rings (SSSR count). The Kier molecular flexibility index (Phi) is 5.50. The molecule has 0 aliphatic heterocycles. The molecule has 0 aliphatic rings. The van der Waals surface area contributed by atoms with Crippen LogP contribution >= 0.6 is 0 Å². The van der Waals surface area contributed by atoms with Gasteiger partial charge in [-0.3, -0.25) is 0 Å². The van der Waals surface area contributed by atoms with Crippen LogP contribution in [0.5, 0.6) is 0 Å². The van der Waals surface area contributed by atoms with Gasteiger partial charge in [0.1, 0.15) is 0 Å². The fourth-order valence-corrected chi connectivity index (χ4v) is 6.71. The molecular weight excluding hydrogens is 534 g/mol. The van der Waals surface area contributed by atoms with Crippen molar-refractivity contribution in [1.82, 2.24) is 14.1 Å². The minimum atomic E-state index is 0.968. The summed E-state index contributed by atoms with van der Waals surface area (Å²) in [5, 5.41) is 6.00. The highest BCUT2D eigenvalue weighted by Gasteiger charge is 2.19. The number of pyridine rings is 1. The molecule has 0 saturated carbocycles. The van der Waals surface area contributed by atoms with E-state index in [1.165, 1.54) is 38.1 Å². The summed E-state index contributed by atoms with van der Waals surface area (Å²) in [6, 6.07) is 56.1. The minimum absolute atomic E-state index is 0.968. The van der Waals surface area contributed by atoms with Crippen LogP contribution in [0.2, 0.25) is 0 Å². The molecule has 9 aromatic rings. The highest BCUT2D eigenvalue weighted by molar-refractivity contribution is 6.21. The third-order valence-corrected chi connectivity index (χ3v) is 8.71. The number of benzene rings is 6. The van der Waals surface area contributed by atoms with Gasteiger partial charge < -0.3 is 9.13 Å². The van der Waals surface area contributed by atoms with Crippen LogP contribution in [0.3, 0.4) is 0 Å². The van der Waals surface area contributed by atoms with Gasteiger partial charge in [0.2, 0.25) is 0 Å². The molecule has 3 aromatic heterocycles. The van der Waals surface area contributed by atoms with Crippen molar-refractivity contribution < 1.29 is 0 Å². The molecule has 0 radical (unpaired) electrons. The molecule has 0 N–H and O–H groups in total. The van der Waals surface area contributed by atoms with E-state index in [1.54, 1.807) is 0 Å². The number of rotatable bonds is 4. The minimum Gasteiger partial charge on any atom is -0.316 e. The highest BCUT2D eigenvalue weighted by Crippen LogP contribution is 2.40. The predicted molar refractivity (Wildman–Crippen MR) is 184 cm³/mol. The first kappa shape index (κ1) is 24.6. The molecule has 3 heteroatoms. The second-order valence-corrected chi connectivity index (χ2v) is 11.3. The van der Waals surface area contributed by atoms with Gasteiger partial charge in [-0.25, -0.2) is 4.98 Å². The summed E-state index contributed by atoms with van der Waals surface area (Å²) in [4.78, 5) is 5.30. The fourth-order valence-electron chi connectivity index (χ4n) is 6.71. The van der Waals surface area contributed by atoms with Gasteiger partial charge in [0.15, 0.2) is 0 Å². The Labute approximate surface area is 254 Å². The van der Waals surface area contributed by atoms with E-state index in [1.807, 2.05) is 0 Å². The zero-order chi connectivity index (χ0) is 29.0. The first-order valence-corrected chi connectivity index (χ1v) is 15.0. The van der Waals surface area contributed by atoms with Gasteiger partial charge in [-0.2, -0.15) is 0 Å². The molecule has 206 valence electrons. The molecule has 6 aromatic carbocycles. The highest BCUT2D eigenvalue weighted by atomic mass is 15.0. The second kappa shape index (κ2) is 9.82. The fraction of sp³-hybridized carbons (Fsp3) is 0. The lowest BCUT2D eigenvalue weighted by molar-refractivity contribution is 1.13. The van der Waals surface area contributed by atoms with E-state index in [0.717, 1.165) is 39.3 Å². The smallest absolute Gasteiger partial charge is 0.0787 e. The van der Waals surface area contributed by atoms with Gasteiger partial charge in [0, 0.05) is 50.2 Å². The Morgan fingerprint density at radius 2 is 1.14 bits per heavy atom. The van der Waals surface area contributed by atoms with Gasteiger partial charge in [-0.05, 0) is 60.0 Å². The van der Waals surface area contributed by atoms with Crippen LogP contribution in [-0.2, 0) is 0 Å². The standard InChI is InChI=1S/C41H27N3/c1-4-12-28(13-5-1)40-34-19-11-10-14-30(34)27-36(42-40)31-21-22-37-35(26-31)39-38(44(37)33-17-8-3-9-18-33)23-20-29-24-25-43(41(29)39)32-15-6-2-7-16-32/h1-27H.